The molecule has 1 aromatic rings. The van der Waals surface area contributed by atoms with Crippen LogP contribution in [0.5, 0.6) is 0 Å². The van der Waals surface area contributed by atoms with Crippen molar-refractivity contribution in [3.63, 3.8) is 0 Å². The van der Waals surface area contributed by atoms with Crippen LogP contribution in [0, 0.1) is 6.92 Å². The Hall–Kier alpha value is 0.370. The van der Waals surface area contributed by atoms with Crippen LogP contribution >= 0.6 is 15.6 Å². The molecule has 1 saturated heterocycles. The molecule has 8 N–H and O–H groups in total. The van der Waals surface area contributed by atoms with Crippen LogP contribution in [0.2, 0.25) is 0 Å². The minimum atomic E-state index is -5.61. The fraction of sp³-hybridized carbons (Fsp3) is 0.688. The maximum atomic E-state index is 12.9. The second kappa shape index (κ2) is 16.1. The number of aryl methyl sites for hydroxylation is 1. The van der Waals surface area contributed by atoms with Gasteiger partial charge in [0.05, 0.1) is 19.3 Å². The average molecular weight is 612 g/mol. The first-order chi connectivity index (χ1) is 16.6. The quantitative estimate of drug-likeness (QED) is 0.0588. The van der Waals surface area contributed by atoms with E-state index >= 15 is 0 Å². The number of hydrogen-bond acceptors (Lipinski definition) is 14. The van der Waals surface area contributed by atoms with Crippen molar-refractivity contribution < 1.29 is 67.3 Å². The van der Waals surface area contributed by atoms with Crippen molar-refractivity contribution in [3.8, 4) is 0 Å². The molecule has 38 heavy (non-hydrogen) atoms. The molecule has 2 rings (SSSR count). The predicted molar refractivity (Wildman–Crippen MR) is 128 cm³/mol. The van der Waals surface area contributed by atoms with Crippen LogP contribution in [0.4, 0.5) is 0 Å². The number of hydrogen-bond donors (Lipinski definition) is 8. The van der Waals surface area contributed by atoms with Gasteiger partial charge in [-0.05, 0) is 6.92 Å². The number of aliphatic hydroxyl groups excluding tert-OH is 5. The molecule has 1 aliphatic heterocycles. The second-order valence-corrected chi connectivity index (χ2v) is 10.7. The van der Waals surface area contributed by atoms with Crippen LogP contribution in [-0.2, 0) is 32.0 Å². The molecule has 0 saturated carbocycles. The summed E-state index contributed by atoms with van der Waals surface area (Å²) in [6.07, 6.45) is -12.1. The van der Waals surface area contributed by atoms with Gasteiger partial charge in [-0.3, -0.25) is 23.4 Å². The summed E-state index contributed by atoms with van der Waals surface area (Å²) >= 11 is 0. The molecule has 2 heterocycles. The average Bonchev–Trinajstić information content (AvgIpc) is 3.16. The van der Waals surface area contributed by atoms with Gasteiger partial charge in [-0.15, -0.1) is 0 Å². The van der Waals surface area contributed by atoms with Gasteiger partial charge < -0.3 is 44.9 Å². The number of H-pyrrole nitrogens is 1. The van der Waals surface area contributed by atoms with E-state index < -0.39 is 83.0 Å². The Labute approximate surface area is 258 Å². The number of aromatic nitrogens is 2. The van der Waals surface area contributed by atoms with Crippen molar-refractivity contribution in [2.75, 3.05) is 13.2 Å². The number of carbonyl (C=O) groups excluding carboxylic acids is 1. The Morgan fingerprint density at radius 3 is 2.34 bits per heavy atom. The molecule has 210 valence electrons. The molecule has 1 aliphatic rings. The van der Waals surface area contributed by atoms with Gasteiger partial charge in [-0.25, -0.2) is 13.9 Å². The number of phosphoric ester groups is 1. The number of aromatic amines is 1. The zero-order valence-corrected chi connectivity index (χ0v) is 20.3. The number of carbonyl (C=O) groups is 1. The normalized spacial score (nSPS) is 24.3. The van der Waals surface area contributed by atoms with Gasteiger partial charge in [0, 0.05) is 18.2 Å². The van der Waals surface area contributed by atoms with E-state index in [4.69, 9.17) is 23.6 Å². The third-order valence-corrected chi connectivity index (χ3v) is 7.57. The van der Waals surface area contributed by atoms with E-state index in [1.54, 1.807) is 0 Å². The minimum absolute atomic E-state index is 0. The Morgan fingerprint density at radius 1 is 1.21 bits per heavy atom. The van der Waals surface area contributed by atoms with E-state index in [9.17, 15) is 49.0 Å². The zero-order valence-electron chi connectivity index (χ0n) is 18.5. The molecule has 1 unspecified atom stereocenters. The third-order valence-electron chi connectivity index (χ3n) is 4.93. The van der Waals surface area contributed by atoms with Gasteiger partial charge in [0.1, 0.15) is 36.7 Å². The number of ether oxygens (including phenoxy) is 1. The topological polar surface area (TPSA) is 285 Å². The van der Waals surface area contributed by atoms with Crippen molar-refractivity contribution in [2.45, 2.75) is 56.2 Å². The Morgan fingerprint density at radius 2 is 1.82 bits per heavy atom. The van der Waals surface area contributed by atoms with Crippen molar-refractivity contribution in [1.29, 1.82) is 0 Å². The third kappa shape index (κ3) is 10.6. The van der Waals surface area contributed by atoms with E-state index in [2.05, 4.69) is 4.31 Å². The van der Waals surface area contributed by atoms with E-state index in [-0.39, 0.29) is 77.4 Å². The van der Waals surface area contributed by atoms with Crippen LogP contribution < -0.4 is 11.2 Å². The Bertz CT molecular complexity index is 1130. The fourth-order valence-corrected chi connectivity index (χ4v) is 5.37. The number of aldehydes is 1. The van der Waals surface area contributed by atoms with Crippen LogP contribution in [0.15, 0.2) is 15.8 Å². The molecule has 0 amide bonds. The first kappa shape index (κ1) is 38.4. The van der Waals surface area contributed by atoms with E-state index in [1.807, 2.05) is 4.98 Å². The second-order valence-electron chi connectivity index (χ2n) is 7.66. The number of nitrogens with zero attached hydrogens (tertiary/aromatic N) is 1. The maximum absolute atomic E-state index is 12.9. The van der Waals surface area contributed by atoms with Gasteiger partial charge in [-0.1, -0.05) is 0 Å². The number of nitrogens with one attached hydrogen (secondary N) is 1. The standard InChI is InChI=1S/C16H26N2O16P2.2Na.2H/c1-7-3-18(16(26)17-15(7)25)12-2-8(21)11(32-12)6-31-36(30,34-35(27,28)29)33-10(5-20)14(24)13(23)9(22)4-19;;;;/h3-4,8-14,20-24H,2,5-6H2,1H3,(H,17,25,26)(H2,27,28,29);;;;/t8-,9-,10+,11+,12+,13+,14+,36?;;;;/m0..../s1. The first-order valence-electron chi connectivity index (χ1n) is 10.1. The molecule has 8 atom stereocenters. The van der Waals surface area contributed by atoms with E-state index in [0.717, 1.165) is 4.57 Å². The predicted octanol–water partition coefficient (Wildman–Crippen LogP) is -4.91. The van der Waals surface area contributed by atoms with Crippen LogP contribution in [0.3, 0.4) is 0 Å². The van der Waals surface area contributed by atoms with Gasteiger partial charge in [-0.2, -0.15) is 4.31 Å². The van der Waals surface area contributed by atoms with Crippen LogP contribution in [0.25, 0.3) is 0 Å². The molecule has 0 spiro atoms. The number of phosphoric acid groups is 2. The summed E-state index contributed by atoms with van der Waals surface area (Å²) in [5, 5.41) is 48.7. The molecular weight excluding hydrogens is 584 g/mol. The van der Waals surface area contributed by atoms with Gasteiger partial charge in [0.15, 0.2) is 6.29 Å². The summed E-state index contributed by atoms with van der Waals surface area (Å²) in [5.74, 6) is 0. The van der Waals surface area contributed by atoms with E-state index in [1.165, 1.54) is 13.1 Å². The van der Waals surface area contributed by atoms with E-state index in [0.29, 0.717) is 0 Å². The van der Waals surface area contributed by atoms with Gasteiger partial charge in [0.25, 0.3) is 5.56 Å². The molecule has 1 aromatic heterocycles. The SMILES string of the molecule is Cc1cn([C@H]2C[C@H](O)[C@@H](COP(=O)(O[C@H](CO)[C@@H](O)[C@H](O)[C@@H](O)C=O)OP(=O)(O)O)O2)c(=O)[nH]c1=O.[NaH].[NaH]. The summed E-state index contributed by atoms with van der Waals surface area (Å²) in [4.78, 5) is 54.4. The Balaban J connectivity index is 0.00000684. The van der Waals surface area contributed by atoms with Crippen molar-refractivity contribution in [3.05, 3.63) is 32.6 Å². The summed E-state index contributed by atoms with van der Waals surface area (Å²) < 4.78 is 44.2. The van der Waals surface area contributed by atoms with Gasteiger partial charge in [0.2, 0.25) is 0 Å². The molecule has 18 nitrogen and oxygen atoms in total. The Kier molecular flexibility index (Phi) is 16.3. The van der Waals surface area contributed by atoms with Crippen LogP contribution in [0.1, 0.15) is 18.2 Å². The van der Waals surface area contributed by atoms with Crippen LogP contribution in [-0.4, -0.2) is 160 Å². The molecule has 0 aliphatic carbocycles. The monoisotopic (exact) mass is 612 g/mol. The van der Waals surface area contributed by atoms with Gasteiger partial charge >= 0.3 is 80.4 Å². The summed E-state index contributed by atoms with van der Waals surface area (Å²) in [6, 6.07) is 0. The summed E-state index contributed by atoms with van der Waals surface area (Å²) in [5.41, 5.74) is -1.36. The fourth-order valence-electron chi connectivity index (χ4n) is 3.08. The summed E-state index contributed by atoms with van der Waals surface area (Å²) in [6.45, 7) is -0.786. The summed E-state index contributed by atoms with van der Waals surface area (Å²) in [7, 11) is -11.0. The molecule has 1 fully saturated rings. The number of aliphatic hydroxyl groups is 5. The van der Waals surface area contributed by atoms with Crippen molar-refractivity contribution in [1.82, 2.24) is 9.55 Å². The molecule has 0 radical (unpaired) electrons. The molecule has 0 aromatic carbocycles. The molecule has 22 heteroatoms. The number of rotatable bonds is 13. The molecule has 0 bridgehead atoms. The van der Waals surface area contributed by atoms with Crippen molar-refractivity contribution in [2.24, 2.45) is 0 Å². The zero-order chi connectivity index (χ0) is 27.4. The molecular formula is C16H28N2Na2O16P2. The van der Waals surface area contributed by atoms with Crippen molar-refractivity contribution >= 4 is 81.0 Å². The first-order valence-corrected chi connectivity index (χ1v) is 13.1.